The van der Waals surface area contributed by atoms with Crippen LogP contribution in [0.25, 0.3) is 0 Å². The molecule has 0 bridgehead atoms. The summed E-state index contributed by atoms with van der Waals surface area (Å²) in [6.45, 7) is 8.42. The van der Waals surface area contributed by atoms with E-state index < -0.39 is 0 Å². The number of amidine groups is 1. The third-order valence-electron chi connectivity index (χ3n) is 3.21. The van der Waals surface area contributed by atoms with Crippen molar-refractivity contribution in [3.63, 3.8) is 0 Å². The molecule has 1 aromatic rings. The quantitative estimate of drug-likeness (QED) is 0.587. The van der Waals surface area contributed by atoms with Crippen LogP contribution >= 0.6 is 0 Å². The van der Waals surface area contributed by atoms with Gasteiger partial charge < -0.3 is 10.5 Å². The number of hydrogen-bond acceptors (Lipinski definition) is 3. The highest BCUT2D eigenvalue weighted by Gasteiger charge is 2.13. The molecule has 0 aliphatic heterocycles. The van der Waals surface area contributed by atoms with Crippen molar-refractivity contribution in [2.45, 2.75) is 39.8 Å². The maximum absolute atomic E-state index is 7.53. The summed E-state index contributed by atoms with van der Waals surface area (Å²) >= 11 is 0. The molecule has 0 heterocycles. The van der Waals surface area contributed by atoms with Crippen LogP contribution in [-0.4, -0.2) is 30.4 Å². The van der Waals surface area contributed by atoms with Crippen molar-refractivity contribution in [3.05, 3.63) is 29.3 Å². The van der Waals surface area contributed by atoms with Gasteiger partial charge in [0.2, 0.25) is 0 Å². The Morgan fingerprint density at radius 1 is 1.42 bits per heavy atom. The summed E-state index contributed by atoms with van der Waals surface area (Å²) in [6, 6.07) is 6.14. The van der Waals surface area contributed by atoms with Crippen molar-refractivity contribution in [1.29, 1.82) is 5.41 Å². The maximum Gasteiger partial charge on any atom is 0.123 e. The van der Waals surface area contributed by atoms with E-state index >= 15 is 0 Å². The number of nitrogens with zero attached hydrogens (tertiary/aromatic N) is 1. The van der Waals surface area contributed by atoms with Gasteiger partial charge in [0.1, 0.15) is 11.6 Å². The van der Waals surface area contributed by atoms with Gasteiger partial charge in [0.25, 0.3) is 0 Å². The molecule has 4 nitrogen and oxygen atoms in total. The number of nitrogen functional groups attached to an aromatic ring is 1. The van der Waals surface area contributed by atoms with Crippen LogP contribution in [-0.2, 0) is 6.54 Å². The Kier molecular flexibility index (Phi) is 5.83. The predicted octanol–water partition coefficient (Wildman–Crippen LogP) is 2.60. The van der Waals surface area contributed by atoms with Crippen molar-refractivity contribution in [3.8, 4) is 5.75 Å². The van der Waals surface area contributed by atoms with Gasteiger partial charge in [-0.3, -0.25) is 10.3 Å². The molecule has 0 saturated heterocycles. The lowest BCUT2D eigenvalue weighted by molar-refractivity contribution is 0.210. The molecule has 0 atom stereocenters. The molecule has 0 unspecified atom stereocenters. The predicted molar refractivity (Wildman–Crippen MR) is 79.8 cm³/mol. The fraction of sp³-hybridized carbons (Fsp3) is 0.533. The normalized spacial score (nSPS) is 11.1. The second-order valence-corrected chi connectivity index (χ2v) is 5.00. The van der Waals surface area contributed by atoms with Gasteiger partial charge in [0, 0.05) is 23.7 Å². The number of benzene rings is 1. The average Bonchev–Trinajstić information content (AvgIpc) is 2.37. The molecular formula is C15H25N3O. The fourth-order valence-corrected chi connectivity index (χ4v) is 2.10. The first-order valence-electron chi connectivity index (χ1n) is 6.75. The Hall–Kier alpha value is -1.55. The van der Waals surface area contributed by atoms with E-state index in [2.05, 4.69) is 25.7 Å². The number of methoxy groups -OCH3 is 1. The van der Waals surface area contributed by atoms with Crippen molar-refractivity contribution in [2.75, 3.05) is 13.7 Å². The molecule has 19 heavy (non-hydrogen) atoms. The van der Waals surface area contributed by atoms with Gasteiger partial charge in [-0.05, 0) is 45.0 Å². The molecule has 1 aromatic carbocycles. The van der Waals surface area contributed by atoms with Crippen LogP contribution in [0.3, 0.4) is 0 Å². The van der Waals surface area contributed by atoms with Crippen LogP contribution in [0.15, 0.2) is 18.2 Å². The zero-order valence-electron chi connectivity index (χ0n) is 12.4. The number of nitrogens with one attached hydrogen (secondary N) is 1. The molecule has 0 aliphatic carbocycles. The van der Waals surface area contributed by atoms with E-state index in [1.165, 1.54) is 0 Å². The molecule has 0 fully saturated rings. The third kappa shape index (κ3) is 4.24. The summed E-state index contributed by atoms with van der Waals surface area (Å²) in [5.41, 5.74) is 7.38. The van der Waals surface area contributed by atoms with E-state index in [1.54, 1.807) is 7.11 Å². The standard InChI is InChI=1S/C15H25N3O/c1-5-8-18(11(2)3)10-13-9-12(15(16)17)6-7-14(13)19-4/h6-7,9,11H,5,8,10H2,1-4H3,(H3,16,17). The highest BCUT2D eigenvalue weighted by Crippen LogP contribution is 2.22. The molecule has 0 amide bonds. The number of rotatable bonds is 7. The van der Waals surface area contributed by atoms with Gasteiger partial charge in [0.05, 0.1) is 7.11 Å². The van der Waals surface area contributed by atoms with Crippen molar-refractivity contribution >= 4 is 5.84 Å². The molecule has 0 saturated carbocycles. The minimum Gasteiger partial charge on any atom is -0.496 e. The molecule has 1 rings (SSSR count). The minimum absolute atomic E-state index is 0.0930. The minimum atomic E-state index is 0.0930. The molecule has 4 heteroatoms. The first-order chi connectivity index (χ1) is 8.99. The Balaban J connectivity index is 3.01. The Bertz CT molecular complexity index is 429. The topological polar surface area (TPSA) is 62.3 Å². The zero-order chi connectivity index (χ0) is 14.4. The van der Waals surface area contributed by atoms with Gasteiger partial charge in [-0.15, -0.1) is 0 Å². The van der Waals surface area contributed by atoms with E-state index in [-0.39, 0.29) is 5.84 Å². The van der Waals surface area contributed by atoms with Crippen molar-refractivity contribution in [1.82, 2.24) is 4.90 Å². The summed E-state index contributed by atoms with van der Waals surface area (Å²) in [6.07, 6.45) is 1.12. The summed E-state index contributed by atoms with van der Waals surface area (Å²) in [7, 11) is 1.67. The van der Waals surface area contributed by atoms with E-state index in [0.29, 0.717) is 6.04 Å². The Labute approximate surface area is 116 Å². The van der Waals surface area contributed by atoms with Crippen LogP contribution in [0.1, 0.15) is 38.3 Å². The van der Waals surface area contributed by atoms with Gasteiger partial charge in [-0.25, -0.2) is 0 Å². The van der Waals surface area contributed by atoms with Gasteiger partial charge >= 0.3 is 0 Å². The highest BCUT2D eigenvalue weighted by molar-refractivity contribution is 5.95. The molecule has 0 radical (unpaired) electrons. The van der Waals surface area contributed by atoms with Crippen LogP contribution in [0.4, 0.5) is 0 Å². The molecule has 0 aliphatic rings. The van der Waals surface area contributed by atoms with Gasteiger partial charge in [0.15, 0.2) is 0 Å². The smallest absolute Gasteiger partial charge is 0.123 e. The summed E-state index contributed by atoms with van der Waals surface area (Å²) in [4.78, 5) is 2.39. The largest absolute Gasteiger partial charge is 0.496 e. The van der Waals surface area contributed by atoms with E-state index in [0.717, 1.165) is 36.4 Å². The summed E-state index contributed by atoms with van der Waals surface area (Å²) < 4.78 is 5.40. The number of ether oxygens (including phenoxy) is 1. The third-order valence-corrected chi connectivity index (χ3v) is 3.21. The summed E-state index contributed by atoms with van der Waals surface area (Å²) in [5, 5.41) is 7.53. The maximum atomic E-state index is 7.53. The van der Waals surface area contributed by atoms with Gasteiger partial charge in [-0.2, -0.15) is 0 Å². The molecule has 3 N–H and O–H groups in total. The van der Waals surface area contributed by atoms with Crippen LogP contribution in [0.5, 0.6) is 5.75 Å². The lowest BCUT2D eigenvalue weighted by atomic mass is 10.1. The van der Waals surface area contributed by atoms with Crippen LogP contribution in [0.2, 0.25) is 0 Å². The van der Waals surface area contributed by atoms with Crippen LogP contribution < -0.4 is 10.5 Å². The average molecular weight is 263 g/mol. The number of hydrogen-bond donors (Lipinski definition) is 2. The molecule has 0 spiro atoms. The molecular weight excluding hydrogens is 238 g/mol. The first kappa shape index (κ1) is 15.5. The molecule has 0 aromatic heterocycles. The van der Waals surface area contributed by atoms with Gasteiger partial charge in [-0.1, -0.05) is 6.92 Å². The van der Waals surface area contributed by atoms with Crippen LogP contribution in [0, 0.1) is 5.41 Å². The van der Waals surface area contributed by atoms with Crippen molar-refractivity contribution in [2.24, 2.45) is 5.73 Å². The second kappa shape index (κ2) is 7.14. The monoisotopic (exact) mass is 263 g/mol. The first-order valence-corrected chi connectivity index (χ1v) is 6.75. The van der Waals surface area contributed by atoms with E-state index in [9.17, 15) is 0 Å². The zero-order valence-corrected chi connectivity index (χ0v) is 12.4. The lowest BCUT2D eigenvalue weighted by Gasteiger charge is -2.27. The molecule has 106 valence electrons. The van der Waals surface area contributed by atoms with Crippen molar-refractivity contribution < 1.29 is 4.74 Å². The SMILES string of the molecule is CCCN(Cc1cc(C(=N)N)ccc1OC)C(C)C. The Morgan fingerprint density at radius 2 is 2.11 bits per heavy atom. The van der Waals surface area contributed by atoms with E-state index in [4.69, 9.17) is 15.9 Å². The van der Waals surface area contributed by atoms with E-state index in [1.807, 2.05) is 18.2 Å². The number of nitrogens with two attached hydrogens (primary N) is 1. The lowest BCUT2D eigenvalue weighted by Crippen LogP contribution is -2.31. The summed E-state index contributed by atoms with van der Waals surface area (Å²) in [5.74, 6) is 0.947. The second-order valence-electron chi connectivity index (χ2n) is 5.00. The highest BCUT2D eigenvalue weighted by atomic mass is 16.5. The Morgan fingerprint density at radius 3 is 2.58 bits per heavy atom. The fourth-order valence-electron chi connectivity index (χ4n) is 2.10.